The van der Waals surface area contributed by atoms with E-state index in [1.807, 2.05) is 12.1 Å². The molecule has 0 spiro atoms. The Hall–Kier alpha value is -2.38. The van der Waals surface area contributed by atoms with E-state index < -0.39 is 17.5 Å². The number of rotatable bonds is 8. The third-order valence-corrected chi connectivity index (χ3v) is 5.31. The van der Waals surface area contributed by atoms with Crippen LogP contribution in [0.3, 0.4) is 0 Å². The molecule has 0 radical (unpaired) electrons. The molecule has 0 unspecified atom stereocenters. The predicted molar refractivity (Wildman–Crippen MR) is 112 cm³/mol. The fourth-order valence-electron chi connectivity index (χ4n) is 3.47. The monoisotopic (exact) mass is 417 g/mol. The van der Waals surface area contributed by atoms with E-state index in [0.29, 0.717) is 11.7 Å². The van der Waals surface area contributed by atoms with Gasteiger partial charge in [0.25, 0.3) is 0 Å². The van der Waals surface area contributed by atoms with E-state index in [2.05, 4.69) is 29.0 Å². The Morgan fingerprint density at radius 1 is 1.23 bits per heavy atom. The summed E-state index contributed by atoms with van der Waals surface area (Å²) in [6.45, 7) is 6.73. The Kier molecular flexibility index (Phi) is 7.50. The first-order chi connectivity index (χ1) is 14.4. The number of alkyl halides is 2. The number of hydrogen-bond acceptors (Lipinski definition) is 4. The van der Waals surface area contributed by atoms with Crippen LogP contribution in [-0.4, -0.2) is 41.1 Å². The quantitative estimate of drug-likeness (QED) is 0.683. The second kappa shape index (κ2) is 10.1. The minimum Gasteiger partial charge on any atom is -0.377 e. The number of nitrogens with zero attached hydrogens (tertiary/aromatic N) is 2. The van der Waals surface area contributed by atoms with Gasteiger partial charge in [-0.25, -0.2) is 0 Å². The molecule has 1 aromatic carbocycles. The molecule has 1 N–H and O–H groups in total. The lowest BCUT2D eigenvalue weighted by Crippen LogP contribution is -2.39. The summed E-state index contributed by atoms with van der Waals surface area (Å²) >= 11 is 0. The second-order valence-electron chi connectivity index (χ2n) is 7.95. The SMILES string of the molecule is CC(C)N(Cc1ccc(NC(=O)C(F)(F)c2ccccn2)cc1)C[C@@H]1CCCCO1. The molecule has 0 saturated carbocycles. The van der Waals surface area contributed by atoms with Crippen LogP contribution in [0.2, 0.25) is 0 Å². The molecule has 1 fully saturated rings. The lowest BCUT2D eigenvalue weighted by molar-refractivity contribution is -0.141. The summed E-state index contributed by atoms with van der Waals surface area (Å²) < 4.78 is 34.5. The highest BCUT2D eigenvalue weighted by atomic mass is 19.3. The van der Waals surface area contributed by atoms with Gasteiger partial charge >= 0.3 is 11.8 Å². The lowest BCUT2D eigenvalue weighted by Gasteiger charge is -2.32. The van der Waals surface area contributed by atoms with Crippen LogP contribution in [0.4, 0.5) is 14.5 Å². The summed E-state index contributed by atoms with van der Waals surface area (Å²) in [5.41, 5.74) is 0.802. The number of nitrogens with one attached hydrogen (secondary N) is 1. The fourth-order valence-corrected chi connectivity index (χ4v) is 3.47. The van der Waals surface area contributed by atoms with Gasteiger partial charge in [-0.2, -0.15) is 8.78 Å². The number of carbonyl (C=O) groups excluding carboxylic acids is 1. The minimum atomic E-state index is -3.70. The number of amides is 1. The summed E-state index contributed by atoms with van der Waals surface area (Å²) in [5, 5.41) is 2.29. The first kappa shape index (κ1) is 22.3. The number of carbonyl (C=O) groups is 1. The van der Waals surface area contributed by atoms with Crippen molar-refractivity contribution in [2.24, 2.45) is 0 Å². The van der Waals surface area contributed by atoms with Gasteiger partial charge in [-0.1, -0.05) is 18.2 Å². The Balaban J connectivity index is 1.60. The van der Waals surface area contributed by atoms with Gasteiger partial charge < -0.3 is 10.1 Å². The predicted octanol–water partition coefficient (Wildman–Crippen LogP) is 4.59. The zero-order valence-electron chi connectivity index (χ0n) is 17.5. The van der Waals surface area contributed by atoms with Crippen molar-refractivity contribution in [2.75, 3.05) is 18.5 Å². The van der Waals surface area contributed by atoms with Crippen molar-refractivity contribution in [1.29, 1.82) is 0 Å². The molecule has 1 saturated heterocycles. The number of ether oxygens (including phenoxy) is 1. The Morgan fingerprint density at radius 3 is 2.60 bits per heavy atom. The van der Waals surface area contributed by atoms with Crippen LogP contribution < -0.4 is 5.32 Å². The van der Waals surface area contributed by atoms with E-state index in [0.717, 1.165) is 44.2 Å². The molecular weight excluding hydrogens is 388 g/mol. The van der Waals surface area contributed by atoms with E-state index in [1.165, 1.54) is 24.8 Å². The molecule has 1 aliphatic rings. The molecule has 0 bridgehead atoms. The standard InChI is InChI=1S/C23H29F2N3O2/c1-17(2)28(16-20-7-4-6-14-30-20)15-18-9-11-19(12-10-18)27-22(29)23(24,25)21-8-3-5-13-26-21/h3,5,8-13,17,20H,4,6-7,14-16H2,1-2H3,(H,27,29)/t20-/m0/s1. The van der Waals surface area contributed by atoms with E-state index in [-0.39, 0.29) is 6.10 Å². The Morgan fingerprint density at radius 2 is 2.00 bits per heavy atom. The molecular formula is C23H29F2N3O2. The number of aromatic nitrogens is 1. The van der Waals surface area contributed by atoms with Crippen molar-refractivity contribution in [3.8, 4) is 0 Å². The highest BCUT2D eigenvalue weighted by Gasteiger charge is 2.42. The zero-order valence-corrected chi connectivity index (χ0v) is 17.5. The number of anilines is 1. The number of benzene rings is 1. The van der Waals surface area contributed by atoms with Crippen molar-refractivity contribution in [2.45, 2.75) is 57.7 Å². The summed E-state index contributed by atoms with van der Waals surface area (Å²) in [6.07, 6.45) is 4.91. The van der Waals surface area contributed by atoms with Crippen molar-refractivity contribution in [3.63, 3.8) is 0 Å². The van der Waals surface area contributed by atoms with Gasteiger partial charge in [0, 0.05) is 37.6 Å². The maximum Gasteiger partial charge on any atom is 0.366 e. The van der Waals surface area contributed by atoms with Gasteiger partial charge in [-0.15, -0.1) is 0 Å². The van der Waals surface area contributed by atoms with Gasteiger partial charge in [0.1, 0.15) is 5.69 Å². The first-order valence-electron chi connectivity index (χ1n) is 10.4. The van der Waals surface area contributed by atoms with Gasteiger partial charge in [0.2, 0.25) is 0 Å². The van der Waals surface area contributed by atoms with Crippen LogP contribution >= 0.6 is 0 Å². The summed E-state index contributed by atoms with van der Waals surface area (Å²) in [4.78, 5) is 18.0. The van der Waals surface area contributed by atoms with Crippen molar-refractivity contribution < 1.29 is 18.3 Å². The Bertz CT molecular complexity index is 807. The highest BCUT2D eigenvalue weighted by molar-refractivity contribution is 5.96. The molecule has 1 aromatic heterocycles. The molecule has 162 valence electrons. The number of halogens is 2. The van der Waals surface area contributed by atoms with E-state index >= 15 is 0 Å². The molecule has 1 amide bonds. The number of pyridine rings is 1. The second-order valence-corrected chi connectivity index (χ2v) is 7.95. The van der Waals surface area contributed by atoms with E-state index in [4.69, 9.17) is 4.74 Å². The highest BCUT2D eigenvalue weighted by Crippen LogP contribution is 2.28. The third kappa shape index (κ3) is 5.83. The Labute approximate surface area is 176 Å². The molecule has 0 aliphatic carbocycles. The first-order valence-corrected chi connectivity index (χ1v) is 10.4. The van der Waals surface area contributed by atoms with Crippen LogP contribution in [0.5, 0.6) is 0 Å². The molecule has 7 heteroatoms. The maximum absolute atomic E-state index is 14.3. The van der Waals surface area contributed by atoms with Crippen LogP contribution in [0, 0.1) is 0 Å². The van der Waals surface area contributed by atoms with E-state index in [9.17, 15) is 13.6 Å². The molecule has 1 atom stereocenters. The third-order valence-electron chi connectivity index (χ3n) is 5.31. The summed E-state index contributed by atoms with van der Waals surface area (Å²) in [6, 6.07) is 11.5. The van der Waals surface area contributed by atoms with Gasteiger partial charge in [-0.3, -0.25) is 14.7 Å². The van der Waals surface area contributed by atoms with E-state index in [1.54, 1.807) is 12.1 Å². The largest absolute Gasteiger partial charge is 0.377 e. The average Bonchev–Trinajstić information content (AvgIpc) is 2.76. The summed E-state index contributed by atoms with van der Waals surface area (Å²) in [5.74, 6) is -5.10. The molecule has 5 nitrogen and oxygen atoms in total. The zero-order chi connectivity index (χ0) is 21.6. The lowest BCUT2D eigenvalue weighted by atomic mass is 10.1. The van der Waals surface area contributed by atoms with Gasteiger partial charge in [0.05, 0.1) is 6.10 Å². The molecule has 2 aromatic rings. The van der Waals surface area contributed by atoms with Crippen molar-refractivity contribution >= 4 is 11.6 Å². The molecule has 3 rings (SSSR count). The molecule has 30 heavy (non-hydrogen) atoms. The van der Waals surface area contributed by atoms with Gasteiger partial charge in [0.15, 0.2) is 0 Å². The number of hydrogen-bond donors (Lipinski definition) is 1. The average molecular weight is 418 g/mol. The smallest absolute Gasteiger partial charge is 0.366 e. The topological polar surface area (TPSA) is 54.5 Å². The minimum absolute atomic E-state index is 0.258. The summed E-state index contributed by atoms with van der Waals surface area (Å²) in [7, 11) is 0. The van der Waals surface area contributed by atoms with Crippen LogP contribution in [-0.2, 0) is 22.0 Å². The normalized spacial score (nSPS) is 17.3. The fraction of sp³-hybridized carbons (Fsp3) is 0.478. The van der Waals surface area contributed by atoms with Gasteiger partial charge in [-0.05, 0) is 62.9 Å². The van der Waals surface area contributed by atoms with Crippen LogP contribution in [0.15, 0.2) is 48.7 Å². The maximum atomic E-state index is 14.3. The van der Waals surface area contributed by atoms with Crippen LogP contribution in [0.25, 0.3) is 0 Å². The molecule has 2 heterocycles. The van der Waals surface area contributed by atoms with Crippen molar-refractivity contribution in [1.82, 2.24) is 9.88 Å². The van der Waals surface area contributed by atoms with Crippen LogP contribution in [0.1, 0.15) is 44.4 Å². The van der Waals surface area contributed by atoms with Crippen molar-refractivity contribution in [3.05, 3.63) is 59.9 Å². The molecule has 1 aliphatic heterocycles.